The molecule has 2 aliphatic heterocycles. The summed E-state index contributed by atoms with van der Waals surface area (Å²) in [5, 5.41) is 0. The van der Waals surface area contributed by atoms with Crippen LogP contribution in [0.15, 0.2) is 78.9 Å². The smallest absolute Gasteiger partial charge is 0.343 e. The normalized spacial score (nSPS) is 21.2. The van der Waals surface area contributed by atoms with E-state index in [1.807, 2.05) is 12.1 Å². The van der Waals surface area contributed by atoms with Crippen LogP contribution in [-0.2, 0) is 23.7 Å². The molecule has 2 unspecified atom stereocenters. The van der Waals surface area contributed by atoms with E-state index in [2.05, 4.69) is 0 Å². The molecule has 0 radical (unpaired) electrons. The highest BCUT2D eigenvalue weighted by Crippen LogP contribution is 2.31. The van der Waals surface area contributed by atoms with Crippen molar-refractivity contribution in [2.75, 3.05) is 27.4 Å². The van der Waals surface area contributed by atoms with E-state index in [4.69, 9.17) is 33.2 Å². The van der Waals surface area contributed by atoms with Gasteiger partial charge in [0, 0.05) is 6.08 Å². The molecule has 2 fully saturated rings. The number of ether oxygens (including phenoxy) is 7. The van der Waals surface area contributed by atoms with Crippen molar-refractivity contribution < 1.29 is 47.5 Å². The Kier molecular flexibility index (Phi) is 8.61. The first-order valence-electron chi connectivity index (χ1n) is 12.9. The van der Waals surface area contributed by atoms with E-state index in [9.17, 15) is 14.4 Å². The second-order valence-electron chi connectivity index (χ2n) is 9.26. The van der Waals surface area contributed by atoms with Crippen molar-refractivity contribution in [1.82, 2.24) is 0 Å². The Balaban J connectivity index is 1.10. The van der Waals surface area contributed by atoms with Gasteiger partial charge in [-0.05, 0) is 72.3 Å². The van der Waals surface area contributed by atoms with Gasteiger partial charge in [0.1, 0.15) is 29.5 Å². The first-order chi connectivity index (χ1) is 19.9. The average Bonchev–Trinajstić information content (AvgIpc) is 3.59. The van der Waals surface area contributed by atoms with Gasteiger partial charge in [-0.25, -0.2) is 14.4 Å². The third-order valence-electron chi connectivity index (χ3n) is 6.64. The quantitative estimate of drug-likeness (QED) is 0.217. The Morgan fingerprint density at radius 1 is 0.659 bits per heavy atom. The monoisotopic (exact) mass is 560 g/mol. The van der Waals surface area contributed by atoms with Crippen LogP contribution in [0.4, 0.5) is 0 Å². The summed E-state index contributed by atoms with van der Waals surface area (Å²) in [6.45, 7) is 0.230. The first-order valence-corrected chi connectivity index (χ1v) is 12.9. The van der Waals surface area contributed by atoms with Gasteiger partial charge in [0.25, 0.3) is 0 Å². The van der Waals surface area contributed by atoms with Crippen molar-refractivity contribution in [1.29, 1.82) is 0 Å². The minimum atomic E-state index is -0.668. The van der Waals surface area contributed by atoms with Crippen LogP contribution < -0.4 is 14.2 Å². The molecule has 10 heteroatoms. The second-order valence-corrected chi connectivity index (χ2v) is 9.26. The molecule has 212 valence electrons. The second kappa shape index (κ2) is 12.7. The maximum absolute atomic E-state index is 12.8. The maximum Gasteiger partial charge on any atom is 0.343 e. The number of hydrogen-bond donors (Lipinski definition) is 0. The summed E-state index contributed by atoms with van der Waals surface area (Å²) in [7, 11) is 3.12. The van der Waals surface area contributed by atoms with Crippen molar-refractivity contribution in [3.05, 3.63) is 95.6 Å². The molecule has 0 bridgehead atoms. The number of benzene rings is 3. The zero-order valence-electron chi connectivity index (χ0n) is 22.4. The highest BCUT2D eigenvalue weighted by molar-refractivity contribution is 5.92. The highest BCUT2D eigenvalue weighted by atomic mass is 16.7. The SMILES string of the molecule is COc1ccc(C=CC(=O)O[C@H]2COC3C2OC[C@H]3OC(=O)c2ccc(OC(=O)c3ccc(OC)cc3)cc2)cc1. The van der Waals surface area contributed by atoms with Crippen LogP contribution in [-0.4, -0.2) is 69.8 Å². The lowest BCUT2D eigenvalue weighted by Gasteiger charge is -2.17. The van der Waals surface area contributed by atoms with Gasteiger partial charge in [-0.2, -0.15) is 0 Å². The fourth-order valence-corrected chi connectivity index (χ4v) is 4.46. The fraction of sp³-hybridized carbons (Fsp3) is 0.258. The predicted octanol–water partition coefficient (Wildman–Crippen LogP) is 3.87. The molecule has 4 atom stereocenters. The molecule has 3 aromatic rings. The molecule has 0 N–H and O–H groups in total. The molecule has 3 aromatic carbocycles. The van der Waals surface area contributed by atoms with Crippen LogP contribution in [0.25, 0.3) is 6.08 Å². The third-order valence-corrected chi connectivity index (χ3v) is 6.64. The number of fused-ring (bicyclic) bond motifs is 1. The number of hydrogen-bond acceptors (Lipinski definition) is 10. The minimum absolute atomic E-state index is 0.106. The fourth-order valence-electron chi connectivity index (χ4n) is 4.46. The Morgan fingerprint density at radius 2 is 1.15 bits per heavy atom. The number of carbonyl (C=O) groups is 3. The zero-order valence-corrected chi connectivity index (χ0v) is 22.4. The molecule has 2 saturated heterocycles. The van der Waals surface area contributed by atoms with E-state index >= 15 is 0 Å². The van der Waals surface area contributed by atoms with Crippen LogP contribution in [0.2, 0.25) is 0 Å². The van der Waals surface area contributed by atoms with E-state index in [0.29, 0.717) is 11.3 Å². The van der Waals surface area contributed by atoms with E-state index in [0.717, 1.165) is 11.3 Å². The van der Waals surface area contributed by atoms with Crippen LogP contribution in [0.1, 0.15) is 26.3 Å². The van der Waals surface area contributed by atoms with Crippen LogP contribution in [0.3, 0.4) is 0 Å². The third kappa shape index (κ3) is 6.74. The largest absolute Gasteiger partial charge is 0.497 e. The van der Waals surface area contributed by atoms with E-state index < -0.39 is 42.3 Å². The molecule has 0 amide bonds. The zero-order chi connectivity index (χ0) is 28.8. The van der Waals surface area contributed by atoms with Crippen molar-refractivity contribution in [3.63, 3.8) is 0 Å². The molecular weight excluding hydrogens is 532 g/mol. The summed E-state index contributed by atoms with van der Waals surface area (Å²) in [4.78, 5) is 37.5. The van der Waals surface area contributed by atoms with Gasteiger partial charge in [0.2, 0.25) is 0 Å². The van der Waals surface area contributed by atoms with Gasteiger partial charge in [-0.1, -0.05) is 12.1 Å². The van der Waals surface area contributed by atoms with Crippen molar-refractivity contribution in [2.24, 2.45) is 0 Å². The summed E-state index contributed by atoms with van der Waals surface area (Å²) in [6, 6.07) is 19.8. The Morgan fingerprint density at radius 3 is 1.71 bits per heavy atom. The van der Waals surface area contributed by atoms with Gasteiger partial charge >= 0.3 is 17.9 Å². The molecule has 2 heterocycles. The van der Waals surface area contributed by atoms with E-state index in [1.54, 1.807) is 49.6 Å². The van der Waals surface area contributed by atoms with Crippen LogP contribution >= 0.6 is 0 Å². The van der Waals surface area contributed by atoms with Gasteiger partial charge in [0.05, 0.1) is 38.6 Å². The Labute approximate surface area is 236 Å². The molecule has 0 spiro atoms. The Bertz CT molecular complexity index is 1400. The molecule has 0 saturated carbocycles. The number of carbonyl (C=O) groups excluding carboxylic acids is 3. The Hall–Kier alpha value is -4.67. The predicted molar refractivity (Wildman–Crippen MR) is 145 cm³/mol. The minimum Gasteiger partial charge on any atom is -0.497 e. The molecule has 10 nitrogen and oxygen atoms in total. The first kappa shape index (κ1) is 27.9. The summed E-state index contributed by atoms with van der Waals surface area (Å²) < 4.78 is 38.3. The summed E-state index contributed by atoms with van der Waals surface area (Å²) in [5.74, 6) is -0.0410. The van der Waals surface area contributed by atoms with Crippen LogP contribution in [0.5, 0.6) is 17.2 Å². The standard InChI is InChI=1S/C31H28O10/c1-35-22-10-3-19(4-11-22)5-16-27(32)40-25-17-37-29-26(18-38-28(25)29)41-31(34)21-8-14-24(15-9-21)39-30(33)20-6-12-23(36-2)13-7-20/h3-16,25-26,28-29H,17-18H2,1-2H3/t25-,26+,28?,29?/m0/s1. The van der Waals surface area contributed by atoms with E-state index in [1.165, 1.54) is 37.5 Å². The number of rotatable bonds is 9. The average molecular weight is 561 g/mol. The molecule has 0 aromatic heterocycles. The summed E-state index contributed by atoms with van der Waals surface area (Å²) in [6.07, 6.45) is 0.563. The lowest BCUT2D eigenvalue weighted by Crippen LogP contribution is -2.35. The van der Waals surface area contributed by atoms with Crippen molar-refractivity contribution >= 4 is 24.0 Å². The molecule has 5 rings (SSSR count). The summed E-state index contributed by atoms with van der Waals surface area (Å²) in [5.41, 5.74) is 1.44. The van der Waals surface area contributed by atoms with Crippen molar-refractivity contribution in [3.8, 4) is 17.2 Å². The molecule has 2 aliphatic rings. The summed E-state index contributed by atoms with van der Waals surface area (Å²) >= 11 is 0. The number of methoxy groups -OCH3 is 2. The van der Waals surface area contributed by atoms with Crippen molar-refractivity contribution in [2.45, 2.75) is 24.4 Å². The van der Waals surface area contributed by atoms with Gasteiger partial charge in [-0.3, -0.25) is 0 Å². The maximum atomic E-state index is 12.8. The molecule has 41 heavy (non-hydrogen) atoms. The number of esters is 3. The van der Waals surface area contributed by atoms with Crippen LogP contribution in [0, 0.1) is 0 Å². The van der Waals surface area contributed by atoms with E-state index in [-0.39, 0.29) is 24.5 Å². The van der Waals surface area contributed by atoms with Gasteiger partial charge in [0.15, 0.2) is 12.2 Å². The lowest BCUT2D eigenvalue weighted by atomic mass is 10.1. The highest BCUT2D eigenvalue weighted by Gasteiger charge is 2.51. The molecule has 0 aliphatic carbocycles. The topological polar surface area (TPSA) is 116 Å². The van der Waals surface area contributed by atoms with Gasteiger partial charge in [-0.15, -0.1) is 0 Å². The van der Waals surface area contributed by atoms with Gasteiger partial charge < -0.3 is 33.2 Å². The lowest BCUT2D eigenvalue weighted by molar-refractivity contribution is -0.147. The molecular formula is C31H28O10.